The highest BCUT2D eigenvalue weighted by atomic mass is 16.6. The van der Waals surface area contributed by atoms with Crippen LogP contribution < -0.4 is 32.4 Å². The van der Waals surface area contributed by atoms with Crippen LogP contribution in [-0.4, -0.2) is 62.2 Å². The molecule has 2 aliphatic carbocycles. The molecule has 8 N–H and O–H groups in total. The number of carbonyl (C=O) groups excluding carboxylic acids is 6. The molecule has 0 heterocycles. The molecule has 4 aromatic carbocycles. The molecule has 0 aromatic heterocycles. The first-order valence-electron chi connectivity index (χ1n) is 25.2. The van der Waals surface area contributed by atoms with Crippen LogP contribution in [0.15, 0.2) is 97.1 Å². The second-order valence-electron chi connectivity index (χ2n) is 18.3. The van der Waals surface area contributed by atoms with E-state index in [1.165, 1.54) is 49.3 Å². The zero-order chi connectivity index (χ0) is 52.5. The fourth-order valence-corrected chi connectivity index (χ4v) is 8.42. The van der Waals surface area contributed by atoms with E-state index in [0.29, 0.717) is 59.1 Å². The Hall–Kier alpha value is -7.62. The molecule has 16 nitrogen and oxygen atoms in total. The van der Waals surface area contributed by atoms with Crippen LogP contribution in [0.4, 0.5) is 22.7 Å². The largest absolute Gasteiger partial charge is 0.463 e. The molecule has 73 heavy (non-hydrogen) atoms. The lowest BCUT2D eigenvalue weighted by Gasteiger charge is -2.26. The number of benzene rings is 4. The van der Waals surface area contributed by atoms with Gasteiger partial charge in [-0.1, -0.05) is 51.0 Å². The predicted octanol–water partition coefficient (Wildman–Crippen LogP) is 9.94. The molecular weight excluding hydrogens is 933 g/mol. The topological polar surface area (TPSA) is 262 Å². The molecule has 390 valence electrons. The van der Waals surface area contributed by atoms with Crippen molar-refractivity contribution in [3.8, 4) is 11.5 Å². The van der Waals surface area contributed by atoms with Crippen molar-refractivity contribution in [2.45, 2.75) is 97.3 Å². The van der Waals surface area contributed by atoms with Gasteiger partial charge in [0.1, 0.15) is 11.5 Å². The van der Waals surface area contributed by atoms with Gasteiger partial charge in [-0.05, 0) is 160 Å². The molecule has 0 saturated heterocycles. The molecule has 6 rings (SSSR count). The molecule has 0 radical (unpaired) electrons. The maximum Gasteiger partial charge on any atom is 0.338 e. The first kappa shape index (κ1) is 56.3. The van der Waals surface area contributed by atoms with Crippen LogP contribution in [0.3, 0.4) is 0 Å². The Balaban J connectivity index is 0.000000271. The summed E-state index contributed by atoms with van der Waals surface area (Å²) >= 11 is 0. The summed E-state index contributed by atoms with van der Waals surface area (Å²) in [6.45, 7) is 4.98. The molecular formula is C57H70N4O12. The molecule has 2 saturated carbocycles. The smallest absolute Gasteiger partial charge is 0.338 e. The lowest BCUT2D eigenvalue weighted by Crippen LogP contribution is -2.25. The van der Waals surface area contributed by atoms with Crippen LogP contribution in [0, 0.1) is 23.7 Å². The first-order chi connectivity index (χ1) is 35.2. The van der Waals surface area contributed by atoms with Crippen molar-refractivity contribution >= 4 is 70.7 Å². The highest BCUT2D eigenvalue weighted by Crippen LogP contribution is 2.33. The molecule has 0 unspecified atom stereocenters. The van der Waals surface area contributed by atoms with E-state index in [-0.39, 0.29) is 55.8 Å². The maximum absolute atomic E-state index is 12.4. The number of ether oxygens (including phenoxy) is 6. The number of nitrogen functional groups attached to an aromatic ring is 4. The van der Waals surface area contributed by atoms with E-state index in [0.717, 1.165) is 74.3 Å². The normalized spacial score (nSPS) is 17.4. The SMILES string of the molecule is CCC1CCC(C(=O)Oc2ccc(C=CC(=O)OCCCCOC(=O)c3cc(N)cc(N)c3)cc2)CC1.CCC1CCC(C(=O)Oc2ccc(C=CC(=O)OCCCOC(=O)c3cc(N)cc(N)c3)cc2)CC1. The minimum atomic E-state index is -0.543. The number of carbonyl (C=O) groups is 6. The quantitative estimate of drug-likeness (QED) is 0.0151. The molecule has 4 aromatic rings. The van der Waals surface area contributed by atoms with Crippen molar-refractivity contribution in [1.82, 2.24) is 0 Å². The highest BCUT2D eigenvalue weighted by molar-refractivity contribution is 5.92. The van der Waals surface area contributed by atoms with Crippen LogP contribution in [0.5, 0.6) is 11.5 Å². The molecule has 0 aliphatic heterocycles. The Morgan fingerprint density at radius 1 is 0.452 bits per heavy atom. The Morgan fingerprint density at radius 2 is 0.781 bits per heavy atom. The summed E-state index contributed by atoms with van der Waals surface area (Å²) in [5.41, 5.74) is 26.4. The van der Waals surface area contributed by atoms with Gasteiger partial charge >= 0.3 is 35.8 Å². The van der Waals surface area contributed by atoms with Gasteiger partial charge in [0.05, 0.1) is 49.4 Å². The van der Waals surface area contributed by atoms with Crippen molar-refractivity contribution in [2.75, 3.05) is 49.4 Å². The molecule has 0 bridgehead atoms. The zero-order valence-electron chi connectivity index (χ0n) is 41.9. The van der Waals surface area contributed by atoms with Crippen molar-refractivity contribution in [3.05, 3.63) is 119 Å². The fraction of sp³-hybridized carbons (Fsp3) is 0.404. The first-order valence-corrected chi connectivity index (χ1v) is 25.2. The van der Waals surface area contributed by atoms with Gasteiger partial charge in [0.15, 0.2) is 0 Å². The van der Waals surface area contributed by atoms with Crippen molar-refractivity contribution < 1.29 is 57.2 Å². The third kappa shape index (κ3) is 20.2. The summed E-state index contributed by atoms with van der Waals surface area (Å²) < 4.78 is 31.7. The minimum absolute atomic E-state index is 0.0215. The third-order valence-electron chi connectivity index (χ3n) is 12.7. The van der Waals surface area contributed by atoms with E-state index in [1.807, 2.05) is 0 Å². The second kappa shape index (κ2) is 29.7. The number of anilines is 4. The maximum atomic E-state index is 12.4. The zero-order valence-corrected chi connectivity index (χ0v) is 41.9. The molecule has 0 amide bonds. The Morgan fingerprint density at radius 3 is 1.14 bits per heavy atom. The van der Waals surface area contributed by atoms with Crippen molar-refractivity contribution in [3.63, 3.8) is 0 Å². The summed E-state index contributed by atoms with van der Waals surface area (Å²) in [5.74, 6) is 0.0520. The van der Waals surface area contributed by atoms with E-state index >= 15 is 0 Å². The van der Waals surface area contributed by atoms with Crippen LogP contribution in [0.25, 0.3) is 12.2 Å². The molecule has 2 fully saturated rings. The number of hydrogen-bond acceptors (Lipinski definition) is 16. The Kier molecular flexibility index (Phi) is 22.9. The van der Waals surface area contributed by atoms with Gasteiger partial charge in [0.25, 0.3) is 0 Å². The average Bonchev–Trinajstić information content (AvgIpc) is 3.38. The van der Waals surface area contributed by atoms with Crippen molar-refractivity contribution in [1.29, 1.82) is 0 Å². The number of hydrogen-bond donors (Lipinski definition) is 4. The summed E-state index contributed by atoms with van der Waals surface area (Å²) in [5, 5.41) is 0. The van der Waals surface area contributed by atoms with Crippen LogP contribution in [-0.2, 0) is 38.1 Å². The Labute approximate surface area is 427 Å². The van der Waals surface area contributed by atoms with Gasteiger partial charge in [-0.15, -0.1) is 0 Å². The molecule has 0 spiro atoms. The van der Waals surface area contributed by atoms with E-state index in [1.54, 1.807) is 72.8 Å². The monoisotopic (exact) mass is 1000 g/mol. The van der Waals surface area contributed by atoms with Crippen molar-refractivity contribution in [2.24, 2.45) is 23.7 Å². The van der Waals surface area contributed by atoms with E-state index in [2.05, 4.69) is 13.8 Å². The van der Waals surface area contributed by atoms with Crippen LogP contribution >= 0.6 is 0 Å². The number of unbranched alkanes of at least 4 members (excludes halogenated alkanes) is 1. The van der Waals surface area contributed by atoms with E-state index in [9.17, 15) is 28.8 Å². The third-order valence-corrected chi connectivity index (χ3v) is 12.7. The lowest BCUT2D eigenvalue weighted by atomic mass is 9.81. The van der Waals surface area contributed by atoms with E-state index < -0.39 is 23.9 Å². The molecule has 2 aliphatic rings. The fourth-order valence-electron chi connectivity index (χ4n) is 8.42. The van der Waals surface area contributed by atoms with Gasteiger partial charge < -0.3 is 51.4 Å². The molecule has 0 atom stereocenters. The highest BCUT2D eigenvalue weighted by Gasteiger charge is 2.28. The second-order valence-corrected chi connectivity index (χ2v) is 18.3. The Bertz CT molecular complexity index is 2470. The minimum Gasteiger partial charge on any atom is -0.463 e. The van der Waals surface area contributed by atoms with Gasteiger partial charge in [0.2, 0.25) is 0 Å². The summed E-state index contributed by atoms with van der Waals surface area (Å²) in [7, 11) is 0. The van der Waals surface area contributed by atoms with Gasteiger partial charge in [0, 0.05) is 41.3 Å². The lowest BCUT2D eigenvalue weighted by molar-refractivity contribution is -0.141. The molecule has 16 heteroatoms. The standard InChI is InChI=1S/C29H36N2O6.C28H34N2O6/c1-2-20-5-10-22(11-6-20)29(34)37-26-12-7-21(8-13-26)9-14-27(32)35-15-3-4-16-36-28(33)23-17-24(30)19-25(31)18-23;1-2-19-4-9-21(10-5-19)28(33)36-25-11-6-20(7-12-25)8-13-26(31)34-14-3-15-35-27(32)22-16-23(29)18-24(30)17-22/h7-9,12-14,17-20,22H,2-6,10-11,15-16,30-31H2,1H3;6-8,11-13,16-19,21H,2-5,9-10,14-15,29-30H2,1H3. The number of rotatable bonds is 21. The van der Waals surface area contributed by atoms with Gasteiger partial charge in [-0.25, -0.2) is 19.2 Å². The van der Waals surface area contributed by atoms with Crippen LogP contribution in [0.1, 0.15) is 129 Å². The van der Waals surface area contributed by atoms with Gasteiger partial charge in [-0.2, -0.15) is 0 Å². The summed E-state index contributed by atoms with van der Waals surface area (Å²) in [6.07, 6.45) is 17.6. The average molecular weight is 1000 g/mol. The van der Waals surface area contributed by atoms with E-state index in [4.69, 9.17) is 51.4 Å². The van der Waals surface area contributed by atoms with Crippen LogP contribution in [0.2, 0.25) is 0 Å². The number of esters is 6. The summed E-state index contributed by atoms with van der Waals surface area (Å²) in [4.78, 5) is 72.7. The summed E-state index contributed by atoms with van der Waals surface area (Å²) in [6, 6.07) is 23.0. The number of nitrogens with two attached hydrogens (primary N) is 4. The predicted molar refractivity (Wildman–Crippen MR) is 281 cm³/mol. The van der Waals surface area contributed by atoms with Gasteiger partial charge in [-0.3, -0.25) is 9.59 Å².